The van der Waals surface area contributed by atoms with Crippen molar-refractivity contribution >= 4 is 5.88 Å². The summed E-state index contributed by atoms with van der Waals surface area (Å²) in [6.45, 7) is 5.32. The predicted octanol–water partition coefficient (Wildman–Crippen LogP) is 3.83. The van der Waals surface area contributed by atoms with Crippen LogP contribution in [-0.4, -0.2) is 24.3 Å². The second-order valence-corrected chi connectivity index (χ2v) is 7.01. The average Bonchev–Trinajstić information content (AvgIpc) is 3.33. The minimum absolute atomic E-state index is 0.683. The summed E-state index contributed by atoms with van der Waals surface area (Å²) in [6, 6.07) is 11.1. The molecule has 1 aromatic carbocycles. The third-order valence-electron chi connectivity index (χ3n) is 5.03. The second-order valence-electron chi connectivity index (χ2n) is 7.01. The molecule has 1 aliphatic carbocycles. The van der Waals surface area contributed by atoms with E-state index < -0.39 is 0 Å². The number of hydrogen-bond acceptors (Lipinski definition) is 4. The summed E-state index contributed by atoms with van der Waals surface area (Å²) < 4.78 is 5.81. The van der Waals surface area contributed by atoms with E-state index in [2.05, 4.69) is 46.6 Å². The SMILES string of the molecule is CC1CCN(c2onc(-c3ccccc3)c2CNC2CC2)CC1. The van der Waals surface area contributed by atoms with Crippen LogP contribution in [0.25, 0.3) is 11.3 Å². The summed E-state index contributed by atoms with van der Waals surface area (Å²) >= 11 is 0. The lowest BCUT2D eigenvalue weighted by Gasteiger charge is -2.30. The van der Waals surface area contributed by atoms with Crippen LogP contribution >= 0.6 is 0 Å². The highest BCUT2D eigenvalue weighted by Crippen LogP contribution is 2.34. The smallest absolute Gasteiger partial charge is 0.232 e. The maximum atomic E-state index is 5.81. The summed E-state index contributed by atoms with van der Waals surface area (Å²) in [7, 11) is 0. The molecule has 1 aromatic heterocycles. The standard InChI is InChI=1S/C19H25N3O/c1-14-9-11-22(12-10-14)19-17(13-20-16-7-8-16)18(21-23-19)15-5-3-2-4-6-15/h2-6,14,16,20H,7-13H2,1H3. The molecule has 0 bridgehead atoms. The van der Waals surface area contributed by atoms with Crippen LogP contribution in [-0.2, 0) is 6.54 Å². The first-order chi connectivity index (χ1) is 11.3. The van der Waals surface area contributed by atoms with E-state index in [0.717, 1.165) is 42.7 Å². The van der Waals surface area contributed by atoms with Crippen molar-refractivity contribution in [1.29, 1.82) is 0 Å². The Hall–Kier alpha value is -1.81. The Bertz CT molecular complexity index is 640. The van der Waals surface area contributed by atoms with E-state index in [1.54, 1.807) is 0 Å². The van der Waals surface area contributed by atoms with E-state index in [0.29, 0.717) is 6.04 Å². The molecular weight excluding hydrogens is 286 g/mol. The largest absolute Gasteiger partial charge is 0.340 e. The maximum absolute atomic E-state index is 5.81. The van der Waals surface area contributed by atoms with Crippen molar-refractivity contribution in [2.24, 2.45) is 5.92 Å². The van der Waals surface area contributed by atoms with Crippen molar-refractivity contribution in [2.45, 2.75) is 45.2 Å². The minimum Gasteiger partial charge on any atom is -0.340 e. The molecule has 0 unspecified atom stereocenters. The highest BCUT2D eigenvalue weighted by Gasteiger charge is 2.27. The topological polar surface area (TPSA) is 41.3 Å². The molecule has 0 atom stereocenters. The fourth-order valence-corrected chi connectivity index (χ4v) is 3.28. The molecule has 4 rings (SSSR count). The Morgan fingerprint density at radius 1 is 1.13 bits per heavy atom. The molecule has 4 nitrogen and oxygen atoms in total. The number of nitrogens with one attached hydrogen (secondary N) is 1. The lowest BCUT2D eigenvalue weighted by atomic mass is 9.99. The predicted molar refractivity (Wildman–Crippen MR) is 92.4 cm³/mol. The first-order valence-corrected chi connectivity index (χ1v) is 8.83. The molecule has 1 aliphatic heterocycles. The number of piperidine rings is 1. The molecule has 23 heavy (non-hydrogen) atoms. The van der Waals surface area contributed by atoms with Gasteiger partial charge in [0, 0.05) is 31.2 Å². The van der Waals surface area contributed by atoms with Crippen LogP contribution in [0.1, 0.15) is 38.2 Å². The third-order valence-corrected chi connectivity index (χ3v) is 5.03. The van der Waals surface area contributed by atoms with Gasteiger partial charge in [0.2, 0.25) is 5.88 Å². The Balaban J connectivity index is 1.63. The van der Waals surface area contributed by atoms with E-state index in [1.807, 2.05) is 6.07 Å². The Morgan fingerprint density at radius 2 is 1.87 bits per heavy atom. The number of aromatic nitrogens is 1. The molecule has 1 saturated carbocycles. The highest BCUT2D eigenvalue weighted by molar-refractivity contribution is 5.68. The summed E-state index contributed by atoms with van der Waals surface area (Å²) in [4.78, 5) is 2.38. The van der Waals surface area contributed by atoms with Crippen LogP contribution in [0.15, 0.2) is 34.9 Å². The monoisotopic (exact) mass is 311 g/mol. The quantitative estimate of drug-likeness (QED) is 0.911. The zero-order valence-corrected chi connectivity index (χ0v) is 13.8. The first kappa shape index (κ1) is 14.8. The summed E-state index contributed by atoms with van der Waals surface area (Å²) in [6.07, 6.45) is 5.05. The zero-order chi connectivity index (χ0) is 15.6. The van der Waals surface area contributed by atoms with E-state index in [4.69, 9.17) is 4.52 Å². The van der Waals surface area contributed by atoms with Gasteiger partial charge in [0.15, 0.2) is 0 Å². The molecule has 2 aliphatic rings. The summed E-state index contributed by atoms with van der Waals surface area (Å²) in [5.41, 5.74) is 3.35. The molecular formula is C19H25N3O. The van der Waals surface area contributed by atoms with Gasteiger partial charge in [0.25, 0.3) is 0 Å². The van der Waals surface area contributed by atoms with Gasteiger partial charge in [0.1, 0.15) is 5.69 Å². The Kier molecular flexibility index (Phi) is 4.08. The molecule has 122 valence electrons. The maximum Gasteiger partial charge on any atom is 0.232 e. The van der Waals surface area contributed by atoms with Gasteiger partial charge < -0.3 is 14.7 Å². The fraction of sp³-hybridized carbons (Fsp3) is 0.526. The van der Waals surface area contributed by atoms with Crippen molar-refractivity contribution in [1.82, 2.24) is 10.5 Å². The molecule has 4 heteroatoms. The number of anilines is 1. The lowest BCUT2D eigenvalue weighted by Crippen LogP contribution is -2.33. The molecule has 1 saturated heterocycles. The molecule has 2 fully saturated rings. The Morgan fingerprint density at radius 3 is 2.57 bits per heavy atom. The van der Waals surface area contributed by atoms with Crippen LogP contribution in [0.5, 0.6) is 0 Å². The lowest BCUT2D eigenvalue weighted by molar-refractivity contribution is 0.379. The third kappa shape index (κ3) is 3.27. The number of rotatable bonds is 5. The summed E-state index contributed by atoms with van der Waals surface area (Å²) in [5.74, 6) is 1.79. The number of benzene rings is 1. The van der Waals surface area contributed by atoms with Crippen LogP contribution in [0.4, 0.5) is 5.88 Å². The molecule has 0 amide bonds. The fourth-order valence-electron chi connectivity index (χ4n) is 3.28. The van der Waals surface area contributed by atoms with E-state index in [-0.39, 0.29) is 0 Å². The van der Waals surface area contributed by atoms with Gasteiger partial charge in [-0.05, 0) is 31.6 Å². The van der Waals surface area contributed by atoms with Crippen molar-refractivity contribution in [3.05, 3.63) is 35.9 Å². The van der Waals surface area contributed by atoms with Gasteiger partial charge >= 0.3 is 0 Å². The molecule has 0 radical (unpaired) electrons. The van der Waals surface area contributed by atoms with Crippen molar-refractivity contribution < 1.29 is 4.52 Å². The second kappa shape index (κ2) is 6.36. The number of hydrogen-bond donors (Lipinski definition) is 1. The van der Waals surface area contributed by atoms with E-state index >= 15 is 0 Å². The van der Waals surface area contributed by atoms with Gasteiger partial charge in [0.05, 0.1) is 5.56 Å². The normalized spacial score (nSPS) is 19.3. The van der Waals surface area contributed by atoms with Gasteiger partial charge in [-0.2, -0.15) is 0 Å². The summed E-state index contributed by atoms with van der Waals surface area (Å²) in [5, 5.41) is 8.05. The molecule has 0 spiro atoms. The van der Waals surface area contributed by atoms with Crippen LogP contribution < -0.4 is 10.2 Å². The molecule has 1 N–H and O–H groups in total. The van der Waals surface area contributed by atoms with E-state index in [1.165, 1.54) is 31.2 Å². The molecule has 2 aromatic rings. The zero-order valence-electron chi connectivity index (χ0n) is 13.8. The molecule has 2 heterocycles. The van der Waals surface area contributed by atoms with Gasteiger partial charge in [-0.3, -0.25) is 0 Å². The van der Waals surface area contributed by atoms with Crippen molar-refractivity contribution in [3.63, 3.8) is 0 Å². The van der Waals surface area contributed by atoms with Crippen LogP contribution in [0.2, 0.25) is 0 Å². The van der Waals surface area contributed by atoms with Crippen molar-refractivity contribution in [2.75, 3.05) is 18.0 Å². The Labute approximate surface area is 137 Å². The average molecular weight is 311 g/mol. The van der Waals surface area contributed by atoms with E-state index in [9.17, 15) is 0 Å². The minimum atomic E-state index is 0.683. The van der Waals surface area contributed by atoms with Crippen molar-refractivity contribution in [3.8, 4) is 11.3 Å². The van der Waals surface area contributed by atoms with Gasteiger partial charge in [-0.15, -0.1) is 0 Å². The van der Waals surface area contributed by atoms with Gasteiger partial charge in [-0.1, -0.05) is 42.4 Å². The van der Waals surface area contributed by atoms with Crippen LogP contribution in [0, 0.1) is 5.92 Å². The highest BCUT2D eigenvalue weighted by atomic mass is 16.5. The number of nitrogens with zero attached hydrogens (tertiary/aromatic N) is 2. The van der Waals surface area contributed by atoms with Gasteiger partial charge in [-0.25, -0.2) is 0 Å². The first-order valence-electron chi connectivity index (χ1n) is 8.83. The van der Waals surface area contributed by atoms with Crippen LogP contribution in [0.3, 0.4) is 0 Å².